The highest BCUT2D eigenvalue weighted by Crippen LogP contribution is 2.17. The van der Waals surface area contributed by atoms with Crippen LogP contribution in [-0.2, 0) is 20.8 Å². The van der Waals surface area contributed by atoms with E-state index in [0.29, 0.717) is 6.42 Å². The van der Waals surface area contributed by atoms with Crippen molar-refractivity contribution in [2.24, 2.45) is 11.7 Å². The van der Waals surface area contributed by atoms with Crippen LogP contribution in [-0.4, -0.2) is 45.9 Å². The van der Waals surface area contributed by atoms with E-state index in [1.165, 1.54) is 0 Å². The van der Waals surface area contributed by atoms with Crippen LogP contribution in [0.2, 0.25) is 0 Å². The van der Waals surface area contributed by atoms with E-state index < -0.39 is 26.5 Å². The summed E-state index contributed by atoms with van der Waals surface area (Å²) in [5.41, 5.74) is 4.58. The van der Waals surface area contributed by atoms with Crippen LogP contribution < -0.4 is 5.73 Å². The molecular formula is C7H21NO9S2. The third-order valence-electron chi connectivity index (χ3n) is 2.03. The summed E-state index contributed by atoms with van der Waals surface area (Å²) in [4.78, 5) is 0. The molecule has 2 atom stereocenters. The van der Waals surface area contributed by atoms with Gasteiger partial charge in [-0.2, -0.15) is 16.8 Å². The molecule has 19 heavy (non-hydrogen) atoms. The van der Waals surface area contributed by atoms with Gasteiger partial charge in [0.05, 0.1) is 0 Å². The van der Waals surface area contributed by atoms with Crippen LogP contribution in [0.4, 0.5) is 0 Å². The molecule has 2 unspecified atom stereocenters. The highest BCUT2D eigenvalue weighted by molar-refractivity contribution is 7.80. The Kier molecular flexibility index (Phi) is 11.9. The summed E-state index contributed by atoms with van der Waals surface area (Å²) in [6.45, 7) is 5.88. The van der Waals surface area contributed by atoms with Crippen molar-refractivity contribution >= 4 is 20.8 Å². The van der Waals surface area contributed by atoms with Crippen molar-refractivity contribution in [1.82, 2.24) is 0 Å². The van der Waals surface area contributed by atoms with Gasteiger partial charge in [-0.3, -0.25) is 18.2 Å². The van der Waals surface area contributed by atoms with Gasteiger partial charge >= 0.3 is 20.8 Å². The van der Waals surface area contributed by atoms with Crippen molar-refractivity contribution in [3.8, 4) is 0 Å². The molecule has 0 spiro atoms. The lowest BCUT2D eigenvalue weighted by Gasteiger charge is -2.27. The molecule has 0 saturated heterocycles. The molecule has 12 heteroatoms. The average Bonchev–Trinajstić information content (AvgIpc) is 2.11. The lowest BCUT2D eigenvalue weighted by atomic mass is 9.94. The van der Waals surface area contributed by atoms with E-state index >= 15 is 0 Å². The Labute approximate surface area is 112 Å². The lowest BCUT2D eigenvalue weighted by Crippen LogP contribution is -2.44. The normalized spacial score (nSPS) is 16.1. The monoisotopic (exact) mass is 327 g/mol. The van der Waals surface area contributed by atoms with Gasteiger partial charge in [0, 0.05) is 0 Å². The molecule has 120 valence electrons. The summed E-state index contributed by atoms with van der Waals surface area (Å²) in [5.74, 6) is 0.197. The number of aliphatic hydroxyl groups is 1. The first kappa shape index (κ1) is 23.7. The SMILES string of the molecule is CCC(C)C(N)(O)CC.O=S(=O)(O)O.O=S(=O)(O)O. The summed E-state index contributed by atoms with van der Waals surface area (Å²) in [5, 5.41) is 9.37. The minimum atomic E-state index is -4.67. The highest BCUT2D eigenvalue weighted by Gasteiger charge is 2.24. The van der Waals surface area contributed by atoms with Gasteiger partial charge in [-0.1, -0.05) is 20.8 Å². The molecule has 7 N–H and O–H groups in total. The first-order valence-electron chi connectivity index (χ1n) is 4.95. The van der Waals surface area contributed by atoms with Crippen LogP contribution in [0.3, 0.4) is 0 Å². The molecule has 0 fully saturated rings. The Morgan fingerprint density at radius 1 is 1.00 bits per heavy atom. The van der Waals surface area contributed by atoms with Crippen molar-refractivity contribution in [3.05, 3.63) is 0 Å². The van der Waals surface area contributed by atoms with Gasteiger partial charge in [-0.15, -0.1) is 0 Å². The van der Waals surface area contributed by atoms with Crippen LogP contribution in [0.1, 0.15) is 33.6 Å². The van der Waals surface area contributed by atoms with Crippen molar-refractivity contribution in [3.63, 3.8) is 0 Å². The fourth-order valence-corrected chi connectivity index (χ4v) is 0.702. The zero-order chi connectivity index (χ0) is 16.5. The largest absolute Gasteiger partial charge is 0.394 e. The fraction of sp³-hybridized carbons (Fsp3) is 1.00. The maximum absolute atomic E-state index is 9.37. The Morgan fingerprint density at radius 3 is 1.26 bits per heavy atom. The maximum Gasteiger partial charge on any atom is 0.394 e. The smallest absolute Gasteiger partial charge is 0.376 e. The van der Waals surface area contributed by atoms with E-state index in [0.717, 1.165) is 6.42 Å². The predicted molar refractivity (Wildman–Crippen MR) is 67.2 cm³/mol. The molecule has 0 aliphatic carbocycles. The Bertz CT molecular complexity index is 368. The van der Waals surface area contributed by atoms with Crippen LogP contribution in [0.25, 0.3) is 0 Å². The summed E-state index contributed by atoms with van der Waals surface area (Å²) >= 11 is 0. The van der Waals surface area contributed by atoms with Crippen molar-refractivity contribution in [2.75, 3.05) is 0 Å². The predicted octanol–water partition coefficient (Wildman–Crippen LogP) is -0.216. The van der Waals surface area contributed by atoms with Gasteiger partial charge in [-0.25, -0.2) is 0 Å². The van der Waals surface area contributed by atoms with Gasteiger partial charge in [-0.05, 0) is 18.8 Å². The minimum Gasteiger partial charge on any atom is -0.376 e. The number of hydrogen-bond acceptors (Lipinski definition) is 6. The molecule has 0 radical (unpaired) electrons. The third-order valence-corrected chi connectivity index (χ3v) is 2.03. The number of rotatable bonds is 3. The second kappa shape index (κ2) is 9.55. The molecular weight excluding hydrogens is 306 g/mol. The Morgan fingerprint density at radius 2 is 1.21 bits per heavy atom. The van der Waals surface area contributed by atoms with Gasteiger partial charge in [0.1, 0.15) is 5.72 Å². The molecule has 0 amide bonds. The van der Waals surface area contributed by atoms with Gasteiger partial charge in [0.25, 0.3) is 0 Å². The van der Waals surface area contributed by atoms with Crippen LogP contribution >= 0.6 is 0 Å². The second-order valence-electron chi connectivity index (χ2n) is 3.55. The van der Waals surface area contributed by atoms with Crippen LogP contribution in [0.15, 0.2) is 0 Å². The quantitative estimate of drug-likeness (QED) is 0.298. The average molecular weight is 327 g/mol. The molecule has 0 bridgehead atoms. The first-order chi connectivity index (χ1) is 8.04. The molecule has 0 heterocycles. The standard InChI is InChI=1S/C7H17NO.2H2O4S/c1-4-6(3)7(8,9)5-2;2*1-5(2,3)4/h6,9H,4-5,8H2,1-3H3;2*(H2,1,2,3,4). The molecule has 0 aliphatic heterocycles. The van der Waals surface area contributed by atoms with Crippen LogP contribution in [0, 0.1) is 5.92 Å². The van der Waals surface area contributed by atoms with E-state index in [-0.39, 0.29) is 5.92 Å². The molecule has 10 nitrogen and oxygen atoms in total. The molecule has 0 aromatic heterocycles. The van der Waals surface area contributed by atoms with Crippen molar-refractivity contribution in [2.45, 2.75) is 39.3 Å². The zero-order valence-electron chi connectivity index (χ0n) is 10.8. The van der Waals surface area contributed by atoms with Gasteiger partial charge < -0.3 is 10.8 Å². The summed E-state index contributed by atoms with van der Waals surface area (Å²) in [7, 11) is -9.33. The summed E-state index contributed by atoms with van der Waals surface area (Å²) in [6.07, 6.45) is 1.56. The first-order valence-corrected chi connectivity index (χ1v) is 7.75. The maximum atomic E-state index is 9.37. The number of hydrogen-bond donors (Lipinski definition) is 6. The molecule has 0 aromatic rings. The Balaban J connectivity index is -0.000000219. The van der Waals surface area contributed by atoms with E-state index in [9.17, 15) is 5.11 Å². The molecule has 0 saturated carbocycles. The van der Waals surface area contributed by atoms with E-state index in [2.05, 4.69) is 0 Å². The van der Waals surface area contributed by atoms with Crippen molar-refractivity contribution < 1.29 is 40.2 Å². The van der Waals surface area contributed by atoms with Crippen molar-refractivity contribution in [1.29, 1.82) is 0 Å². The Hall–Kier alpha value is -0.340. The van der Waals surface area contributed by atoms with Gasteiger partial charge in [0.15, 0.2) is 0 Å². The summed E-state index contributed by atoms with van der Waals surface area (Å²) < 4.78 is 63.2. The fourth-order valence-electron chi connectivity index (χ4n) is 0.702. The van der Waals surface area contributed by atoms with E-state index in [1.807, 2.05) is 20.8 Å². The third kappa shape index (κ3) is 38.1. The molecule has 0 rings (SSSR count). The minimum absolute atomic E-state index is 0.197. The zero-order valence-corrected chi connectivity index (χ0v) is 12.4. The van der Waals surface area contributed by atoms with E-state index in [1.54, 1.807) is 0 Å². The van der Waals surface area contributed by atoms with E-state index in [4.69, 9.17) is 40.8 Å². The second-order valence-corrected chi connectivity index (χ2v) is 5.34. The van der Waals surface area contributed by atoms with Gasteiger partial charge in [0.2, 0.25) is 0 Å². The lowest BCUT2D eigenvalue weighted by molar-refractivity contribution is -0.0109. The topological polar surface area (TPSA) is 195 Å². The van der Waals surface area contributed by atoms with Crippen LogP contribution in [0.5, 0.6) is 0 Å². The molecule has 0 aromatic carbocycles. The highest BCUT2D eigenvalue weighted by atomic mass is 32.3. The summed E-state index contributed by atoms with van der Waals surface area (Å²) in [6, 6.07) is 0. The number of nitrogens with two attached hydrogens (primary N) is 1. The molecule has 0 aliphatic rings.